The first-order valence-electron chi connectivity index (χ1n) is 12.3. The molecule has 2 heterocycles. The zero-order valence-electron chi connectivity index (χ0n) is 20.3. The monoisotopic (exact) mass is 462 g/mol. The first kappa shape index (κ1) is 24.0. The fourth-order valence-corrected chi connectivity index (χ4v) is 4.67. The third-order valence-electron chi connectivity index (χ3n) is 6.54. The molecule has 0 radical (unpaired) electrons. The Morgan fingerprint density at radius 3 is 2.41 bits per heavy atom. The minimum Gasteiger partial charge on any atom is -0.508 e. The van der Waals surface area contributed by atoms with E-state index in [4.69, 9.17) is 4.52 Å². The summed E-state index contributed by atoms with van der Waals surface area (Å²) in [4.78, 5) is 15.4. The lowest BCUT2D eigenvalue weighted by Gasteiger charge is -2.26. The van der Waals surface area contributed by atoms with Crippen LogP contribution >= 0.6 is 0 Å². The van der Waals surface area contributed by atoms with Gasteiger partial charge in [-0.1, -0.05) is 56.6 Å². The van der Waals surface area contributed by atoms with E-state index in [2.05, 4.69) is 22.2 Å². The van der Waals surface area contributed by atoms with Crippen molar-refractivity contribution in [1.29, 1.82) is 0 Å². The maximum atomic E-state index is 12.9. The van der Waals surface area contributed by atoms with E-state index in [0.717, 1.165) is 25.2 Å². The largest absolute Gasteiger partial charge is 0.508 e. The number of aromatic nitrogens is 1. The topological polar surface area (TPSA) is 86.8 Å². The summed E-state index contributed by atoms with van der Waals surface area (Å²) in [6.07, 6.45) is 4.88. The van der Waals surface area contributed by atoms with Crippen LogP contribution in [0.1, 0.15) is 80.4 Å². The van der Waals surface area contributed by atoms with Crippen molar-refractivity contribution < 1.29 is 19.5 Å². The molecule has 2 N–H and O–H groups in total. The SMILES string of the molecule is CCCC(=O)c1noc(-c2cc(C(C)C)c(O)cc2O)c1-c1ccc(CN2CCCCC2)cc1. The molecule has 1 saturated heterocycles. The molecule has 34 heavy (non-hydrogen) atoms. The number of nitrogens with zero attached hydrogens (tertiary/aromatic N) is 2. The molecule has 0 aliphatic carbocycles. The number of aromatic hydroxyl groups is 2. The summed E-state index contributed by atoms with van der Waals surface area (Å²) in [5.74, 6) is 0.202. The molecular formula is C28H34N2O4. The number of benzene rings is 2. The van der Waals surface area contributed by atoms with Gasteiger partial charge in [-0.05, 0) is 61.0 Å². The second kappa shape index (κ2) is 10.4. The van der Waals surface area contributed by atoms with Crippen LogP contribution in [0.25, 0.3) is 22.5 Å². The number of piperidine rings is 1. The van der Waals surface area contributed by atoms with E-state index in [1.54, 1.807) is 6.07 Å². The minimum atomic E-state index is -0.115. The Balaban J connectivity index is 1.76. The van der Waals surface area contributed by atoms with Crippen molar-refractivity contribution >= 4 is 5.78 Å². The third kappa shape index (κ3) is 5.02. The number of hydrogen-bond donors (Lipinski definition) is 2. The number of ketones is 1. The predicted molar refractivity (Wildman–Crippen MR) is 133 cm³/mol. The van der Waals surface area contributed by atoms with Gasteiger partial charge in [-0.3, -0.25) is 9.69 Å². The lowest BCUT2D eigenvalue weighted by molar-refractivity contribution is 0.0973. The molecule has 0 spiro atoms. The Labute approximate surface area is 201 Å². The van der Waals surface area contributed by atoms with Gasteiger partial charge in [0.1, 0.15) is 11.5 Å². The maximum Gasteiger partial charge on any atom is 0.185 e. The molecule has 0 amide bonds. The van der Waals surface area contributed by atoms with Crippen molar-refractivity contribution in [1.82, 2.24) is 10.1 Å². The number of phenols is 2. The lowest BCUT2D eigenvalue weighted by atomic mass is 9.93. The Hall–Kier alpha value is -3.12. The molecule has 4 rings (SSSR count). The molecule has 0 atom stereocenters. The minimum absolute atomic E-state index is 0.0293. The molecule has 1 aromatic heterocycles. The summed E-state index contributed by atoms with van der Waals surface area (Å²) in [5.41, 5.74) is 4.00. The van der Waals surface area contributed by atoms with Crippen LogP contribution in [0.2, 0.25) is 0 Å². The Bertz CT molecular complexity index is 1140. The van der Waals surface area contributed by atoms with Crippen molar-refractivity contribution in [2.75, 3.05) is 13.1 Å². The highest BCUT2D eigenvalue weighted by molar-refractivity contribution is 6.03. The molecule has 1 aliphatic rings. The second-order valence-electron chi connectivity index (χ2n) is 9.53. The van der Waals surface area contributed by atoms with Gasteiger partial charge in [0.2, 0.25) is 0 Å². The molecule has 6 nitrogen and oxygen atoms in total. The van der Waals surface area contributed by atoms with E-state index < -0.39 is 0 Å². The molecular weight excluding hydrogens is 428 g/mol. The van der Waals surface area contributed by atoms with E-state index >= 15 is 0 Å². The molecule has 3 aromatic rings. The third-order valence-corrected chi connectivity index (χ3v) is 6.54. The van der Waals surface area contributed by atoms with E-state index in [1.807, 2.05) is 32.9 Å². The van der Waals surface area contributed by atoms with E-state index in [9.17, 15) is 15.0 Å². The molecule has 180 valence electrons. The van der Waals surface area contributed by atoms with Crippen molar-refractivity contribution in [3.8, 4) is 33.9 Å². The lowest BCUT2D eigenvalue weighted by Crippen LogP contribution is -2.28. The van der Waals surface area contributed by atoms with Gasteiger partial charge in [0.05, 0.1) is 11.1 Å². The Kier molecular flexibility index (Phi) is 7.37. The Morgan fingerprint density at radius 1 is 1.06 bits per heavy atom. The van der Waals surface area contributed by atoms with Gasteiger partial charge in [0, 0.05) is 19.0 Å². The number of carbonyl (C=O) groups excluding carboxylic acids is 1. The highest BCUT2D eigenvalue weighted by atomic mass is 16.5. The molecule has 0 unspecified atom stereocenters. The van der Waals surface area contributed by atoms with Crippen molar-refractivity contribution in [3.05, 3.63) is 53.2 Å². The average molecular weight is 463 g/mol. The van der Waals surface area contributed by atoms with Crippen molar-refractivity contribution in [2.24, 2.45) is 0 Å². The number of hydrogen-bond acceptors (Lipinski definition) is 6. The summed E-state index contributed by atoms with van der Waals surface area (Å²) in [7, 11) is 0. The fraction of sp³-hybridized carbons (Fsp3) is 0.429. The number of carbonyl (C=O) groups is 1. The van der Waals surface area contributed by atoms with Gasteiger partial charge >= 0.3 is 0 Å². The maximum absolute atomic E-state index is 12.9. The summed E-state index contributed by atoms with van der Waals surface area (Å²) >= 11 is 0. The normalized spacial score (nSPS) is 14.6. The number of likely N-dealkylation sites (tertiary alicyclic amines) is 1. The van der Waals surface area contributed by atoms with Crippen LogP contribution in [0.15, 0.2) is 40.9 Å². The summed E-state index contributed by atoms with van der Waals surface area (Å²) in [6.45, 7) is 9.06. The molecule has 1 fully saturated rings. The van der Waals surface area contributed by atoms with Crippen LogP contribution in [0.3, 0.4) is 0 Å². The second-order valence-corrected chi connectivity index (χ2v) is 9.53. The molecule has 6 heteroatoms. The number of phenolic OH excluding ortho intramolecular Hbond substituents is 2. The van der Waals surface area contributed by atoms with E-state index in [0.29, 0.717) is 35.3 Å². The van der Waals surface area contributed by atoms with Crippen LogP contribution in [-0.2, 0) is 6.54 Å². The highest BCUT2D eigenvalue weighted by Crippen LogP contribution is 2.43. The summed E-state index contributed by atoms with van der Waals surface area (Å²) in [6, 6.07) is 11.2. The number of rotatable bonds is 8. The van der Waals surface area contributed by atoms with Crippen LogP contribution in [0.5, 0.6) is 11.5 Å². The summed E-state index contributed by atoms with van der Waals surface area (Å²) in [5, 5.41) is 25.1. The number of Topliss-reactive ketones (excluding diaryl/α,β-unsaturated/α-hetero) is 1. The van der Waals surface area contributed by atoms with Crippen LogP contribution in [0, 0.1) is 0 Å². The van der Waals surface area contributed by atoms with Crippen molar-refractivity contribution in [2.45, 2.75) is 65.3 Å². The van der Waals surface area contributed by atoms with E-state index in [1.165, 1.54) is 30.9 Å². The summed E-state index contributed by atoms with van der Waals surface area (Å²) < 4.78 is 5.69. The van der Waals surface area contributed by atoms with Crippen molar-refractivity contribution in [3.63, 3.8) is 0 Å². The molecule has 2 aromatic carbocycles. The van der Waals surface area contributed by atoms with Gasteiger partial charge in [-0.25, -0.2) is 0 Å². The zero-order valence-corrected chi connectivity index (χ0v) is 20.3. The molecule has 0 bridgehead atoms. The van der Waals surface area contributed by atoms with Gasteiger partial charge in [0.25, 0.3) is 0 Å². The smallest absolute Gasteiger partial charge is 0.185 e. The quantitative estimate of drug-likeness (QED) is 0.371. The molecule has 0 saturated carbocycles. The zero-order chi connectivity index (χ0) is 24.2. The Morgan fingerprint density at radius 2 is 1.76 bits per heavy atom. The van der Waals surface area contributed by atoms with Crippen LogP contribution < -0.4 is 0 Å². The van der Waals surface area contributed by atoms with E-state index in [-0.39, 0.29) is 28.9 Å². The first-order valence-corrected chi connectivity index (χ1v) is 12.3. The van der Waals surface area contributed by atoms with Gasteiger partial charge in [0.15, 0.2) is 17.2 Å². The highest BCUT2D eigenvalue weighted by Gasteiger charge is 2.26. The van der Waals surface area contributed by atoms with Crippen LogP contribution in [-0.4, -0.2) is 39.1 Å². The van der Waals surface area contributed by atoms with Gasteiger partial charge in [-0.15, -0.1) is 0 Å². The predicted octanol–water partition coefficient (Wildman–Crippen LogP) is 6.51. The fourth-order valence-electron chi connectivity index (χ4n) is 4.67. The van der Waals surface area contributed by atoms with Gasteiger partial charge in [-0.2, -0.15) is 0 Å². The van der Waals surface area contributed by atoms with Gasteiger partial charge < -0.3 is 14.7 Å². The first-order chi connectivity index (χ1) is 16.4. The standard InChI is InChI=1S/C28H34N2O4/c1-4-8-23(31)27-26(20-11-9-19(10-12-20)17-30-13-6-5-7-14-30)28(34-29-27)22-15-21(18(2)3)24(32)16-25(22)33/h9-12,15-16,18,32-33H,4-8,13-14,17H2,1-3H3. The average Bonchev–Trinajstić information content (AvgIpc) is 3.25. The molecule has 1 aliphatic heterocycles. The van der Waals surface area contributed by atoms with Crippen LogP contribution in [0.4, 0.5) is 0 Å².